The average molecular weight is 360 g/mol. The lowest BCUT2D eigenvalue weighted by atomic mass is 10.1. The molecule has 1 heterocycles. The van der Waals surface area contributed by atoms with Crippen molar-refractivity contribution in [3.63, 3.8) is 0 Å². The number of nitrogen functional groups attached to an aromatic ring is 2. The van der Waals surface area contributed by atoms with Crippen LogP contribution in [-0.4, -0.2) is 14.2 Å². The number of fused-ring (bicyclic) bond motifs is 1. The summed E-state index contributed by atoms with van der Waals surface area (Å²) in [4.78, 5) is 9.49. The molecule has 0 aliphatic carbocycles. The van der Waals surface area contributed by atoms with Crippen molar-refractivity contribution in [3.8, 4) is 11.1 Å². The average Bonchev–Trinajstić information content (AvgIpc) is 2.68. The summed E-state index contributed by atoms with van der Waals surface area (Å²) in [6.45, 7) is 0. The van der Waals surface area contributed by atoms with Gasteiger partial charge in [-0.05, 0) is 41.5 Å². The van der Waals surface area contributed by atoms with Crippen LogP contribution in [0.25, 0.3) is 22.0 Å². The van der Waals surface area contributed by atoms with Crippen LogP contribution >= 0.6 is 0 Å². The molecule has 0 saturated carbocycles. The number of nitrogens with zero attached hydrogens (tertiary/aromatic N) is 2. The van der Waals surface area contributed by atoms with Crippen LogP contribution in [-0.2, 0) is 10.8 Å². The minimum absolute atomic E-state index is 0.124. The first-order valence-corrected chi connectivity index (χ1v) is 9.17. The predicted molar refractivity (Wildman–Crippen MR) is 105 cm³/mol. The second-order valence-electron chi connectivity index (χ2n) is 5.81. The summed E-state index contributed by atoms with van der Waals surface area (Å²) in [7, 11) is -1.34. The fourth-order valence-electron chi connectivity index (χ4n) is 2.82. The third-order valence-corrected chi connectivity index (χ3v) is 5.45. The third-order valence-electron chi connectivity index (χ3n) is 4.08. The Labute approximate surface area is 153 Å². The number of benzene rings is 3. The van der Waals surface area contributed by atoms with Crippen LogP contribution in [0.1, 0.15) is 0 Å². The van der Waals surface area contributed by atoms with Crippen LogP contribution in [0.15, 0.2) is 82.6 Å². The molecule has 4 aromatic rings. The third kappa shape index (κ3) is 3.02. The first kappa shape index (κ1) is 16.2. The van der Waals surface area contributed by atoms with E-state index in [1.54, 1.807) is 18.2 Å². The molecule has 0 aliphatic rings. The van der Waals surface area contributed by atoms with Crippen LogP contribution < -0.4 is 11.5 Å². The van der Waals surface area contributed by atoms with Gasteiger partial charge in [-0.1, -0.05) is 42.5 Å². The minimum atomic E-state index is -1.34. The lowest BCUT2D eigenvalue weighted by Gasteiger charge is -2.08. The Kier molecular flexibility index (Phi) is 4.10. The van der Waals surface area contributed by atoms with Crippen LogP contribution in [0, 0.1) is 0 Å². The molecule has 0 amide bonds. The van der Waals surface area contributed by atoms with Crippen molar-refractivity contribution >= 4 is 33.5 Å². The monoisotopic (exact) mass is 360 g/mol. The zero-order chi connectivity index (χ0) is 18.1. The van der Waals surface area contributed by atoms with Crippen LogP contribution in [0.3, 0.4) is 0 Å². The smallest absolute Gasteiger partial charge is 0.222 e. The highest BCUT2D eigenvalue weighted by atomic mass is 32.2. The highest BCUT2D eigenvalue weighted by molar-refractivity contribution is 7.85. The predicted octanol–water partition coefficient (Wildman–Crippen LogP) is 3.63. The lowest BCUT2D eigenvalue weighted by Crippen LogP contribution is -2.01. The quantitative estimate of drug-likeness (QED) is 0.582. The van der Waals surface area contributed by atoms with Gasteiger partial charge in [0, 0.05) is 15.2 Å². The van der Waals surface area contributed by atoms with Crippen molar-refractivity contribution in [1.82, 2.24) is 9.97 Å². The second-order valence-corrected chi connectivity index (χ2v) is 7.29. The molecule has 0 fully saturated rings. The maximum Gasteiger partial charge on any atom is 0.222 e. The van der Waals surface area contributed by atoms with Crippen molar-refractivity contribution in [1.29, 1.82) is 0 Å². The molecule has 0 aliphatic heterocycles. The number of hydrogen-bond donors (Lipinski definition) is 2. The van der Waals surface area contributed by atoms with Crippen molar-refractivity contribution in [2.24, 2.45) is 0 Å². The molecule has 0 spiro atoms. The molecule has 5 nitrogen and oxygen atoms in total. The standard InChI is InChI=1S/C20H16N4OS/c21-19-17-12-16(9-10-18(17)23-20(22)24-19)26(25)15-8-4-7-14(11-15)13-5-2-1-3-6-13/h1-12H,(H4,21,22,23,24)/t26-/m0/s1. The van der Waals surface area contributed by atoms with Gasteiger partial charge in [0.15, 0.2) is 0 Å². The number of aromatic nitrogens is 2. The van der Waals surface area contributed by atoms with E-state index in [9.17, 15) is 4.21 Å². The van der Waals surface area contributed by atoms with Crippen molar-refractivity contribution < 1.29 is 4.21 Å². The van der Waals surface area contributed by atoms with E-state index in [0.717, 1.165) is 16.0 Å². The Hall–Kier alpha value is -3.25. The van der Waals surface area contributed by atoms with Gasteiger partial charge in [-0.25, -0.2) is 9.19 Å². The molecular formula is C20H16N4OS. The molecule has 1 aromatic heterocycles. The van der Waals surface area contributed by atoms with Crippen LogP contribution in [0.5, 0.6) is 0 Å². The van der Waals surface area contributed by atoms with Gasteiger partial charge in [0.25, 0.3) is 0 Å². The van der Waals surface area contributed by atoms with Crippen LogP contribution in [0.2, 0.25) is 0 Å². The largest absolute Gasteiger partial charge is 0.383 e. The van der Waals surface area contributed by atoms with Gasteiger partial charge in [-0.2, -0.15) is 4.98 Å². The highest BCUT2D eigenvalue weighted by Crippen LogP contribution is 2.27. The minimum Gasteiger partial charge on any atom is -0.383 e. The summed E-state index contributed by atoms with van der Waals surface area (Å²) >= 11 is 0. The first-order chi connectivity index (χ1) is 12.6. The molecule has 4 rings (SSSR count). The van der Waals surface area contributed by atoms with E-state index >= 15 is 0 Å². The van der Waals surface area contributed by atoms with Crippen LogP contribution in [0.4, 0.5) is 11.8 Å². The van der Waals surface area contributed by atoms with Gasteiger partial charge >= 0.3 is 0 Å². The van der Waals surface area contributed by atoms with E-state index in [0.29, 0.717) is 15.8 Å². The molecule has 26 heavy (non-hydrogen) atoms. The molecule has 3 aromatic carbocycles. The maximum absolute atomic E-state index is 13.1. The number of nitrogens with two attached hydrogens (primary N) is 2. The van der Waals surface area contributed by atoms with Gasteiger partial charge < -0.3 is 11.5 Å². The van der Waals surface area contributed by atoms with Crippen molar-refractivity contribution in [2.45, 2.75) is 9.79 Å². The number of anilines is 2. The Morgan fingerprint density at radius 3 is 2.27 bits per heavy atom. The fourth-order valence-corrected chi connectivity index (χ4v) is 3.95. The van der Waals surface area contributed by atoms with Crippen molar-refractivity contribution in [3.05, 3.63) is 72.8 Å². The molecule has 4 N–H and O–H groups in total. The zero-order valence-corrected chi connectivity index (χ0v) is 14.6. The summed E-state index contributed by atoms with van der Waals surface area (Å²) in [6.07, 6.45) is 0. The van der Waals surface area contributed by atoms with E-state index < -0.39 is 10.8 Å². The molecule has 0 unspecified atom stereocenters. The summed E-state index contributed by atoms with van der Waals surface area (Å²) in [6, 6.07) is 23.0. The molecule has 128 valence electrons. The number of rotatable bonds is 3. The van der Waals surface area contributed by atoms with E-state index in [2.05, 4.69) is 9.97 Å². The molecule has 0 saturated heterocycles. The maximum atomic E-state index is 13.1. The summed E-state index contributed by atoms with van der Waals surface area (Å²) in [5, 5.41) is 0.643. The van der Waals surface area contributed by atoms with Gasteiger partial charge in [-0.15, -0.1) is 0 Å². The highest BCUT2D eigenvalue weighted by Gasteiger charge is 2.11. The van der Waals surface area contributed by atoms with E-state index in [1.165, 1.54) is 0 Å². The molecule has 0 bridgehead atoms. The molecule has 0 radical (unpaired) electrons. The molecule has 1 atom stereocenters. The molecule has 6 heteroatoms. The Bertz CT molecular complexity index is 1130. The summed E-state index contributed by atoms with van der Waals surface area (Å²) < 4.78 is 13.1. The SMILES string of the molecule is Nc1nc(N)c2cc([S@@](=O)c3cccc(-c4ccccc4)c3)ccc2n1. The Morgan fingerprint density at radius 1 is 0.731 bits per heavy atom. The summed E-state index contributed by atoms with van der Waals surface area (Å²) in [5.74, 6) is 0.406. The Balaban J connectivity index is 1.75. The second kappa shape index (κ2) is 6.57. The van der Waals surface area contributed by atoms with E-state index in [1.807, 2.05) is 54.6 Å². The van der Waals surface area contributed by atoms with Crippen molar-refractivity contribution in [2.75, 3.05) is 11.5 Å². The van der Waals surface area contributed by atoms with Gasteiger partial charge in [-0.3, -0.25) is 0 Å². The number of hydrogen-bond acceptors (Lipinski definition) is 5. The zero-order valence-electron chi connectivity index (χ0n) is 13.8. The lowest BCUT2D eigenvalue weighted by molar-refractivity contribution is 0.683. The molecular weight excluding hydrogens is 344 g/mol. The van der Waals surface area contributed by atoms with Gasteiger partial charge in [0.2, 0.25) is 5.95 Å². The first-order valence-electron chi connectivity index (χ1n) is 8.02. The Morgan fingerprint density at radius 2 is 1.46 bits per heavy atom. The van der Waals surface area contributed by atoms with E-state index in [-0.39, 0.29) is 11.8 Å². The van der Waals surface area contributed by atoms with Gasteiger partial charge in [0.1, 0.15) is 5.82 Å². The van der Waals surface area contributed by atoms with Gasteiger partial charge in [0.05, 0.1) is 16.3 Å². The van der Waals surface area contributed by atoms with E-state index in [4.69, 9.17) is 11.5 Å². The fraction of sp³-hybridized carbons (Fsp3) is 0. The topological polar surface area (TPSA) is 94.9 Å². The summed E-state index contributed by atoms with van der Waals surface area (Å²) in [5.41, 5.74) is 14.3. The normalized spacial score (nSPS) is 12.2.